The second kappa shape index (κ2) is 5.50. The van der Waals surface area contributed by atoms with Crippen molar-refractivity contribution >= 4 is 39.6 Å². The summed E-state index contributed by atoms with van der Waals surface area (Å²) in [6.45, 7) is 3.92. The Hall–Kier alpha value is -1.73. The minimum Gasteiger partial charge on any atom is -0.476 e. The molecule has 0 spiro atoms. The Morgan fingerprint density at radius 2 is 2.16 bits per heavy atom. The molecule has 0 aromatic carbocycles. The van der Waals surface area contributed by atoms with Crippen molar-refractivity contribution in [1.29, 1.82) is 0 Å². The molecule has 0 bridgehead atoms. The zero-order valence-electron chi connectivity index (χ0n) is 10.4. The number of carbonyl (C=O) groups excluding carboxylic acids is 1. The van der Waals surface area contributed by atoms with Gasteiger partial charge in [0.1, 0.15) is 4.88 Å². The predicted octanol–water partition coefficient (Wildman–Crippen LogP) is 3.03. The van der Waals surface area contributed by atoms with Gasteiger partial charge in [-0.05, 0) is 28.8 Å². The first-order valence-corrected chi connectivity index (χ1v) is 7.25. The van der Waals surface area contributed by atoms with Crippen LogP contribution in [0.2, 0.25) is 0 Å². The van der Waals surface area contributed by atoms with Crippen LogP contribution < -0.4 is 5.32 Å². The van der Waals surface area contributed by atoms with Gasteiger partial charge in [0.15, 0.2) is 16.6 Å². The molecule has 0 aliphatic rings. The fourth-order valence-electron chi connectivity index (χ4n) is 1.52. The highest BCUT2D eigenvalue weighted by Gasteiger charge is 2.20. The summed E-state index contributed by atoms with van der Waals surface area (Å²) in [5, 5.41) is 16.6. The van der Waals surface area contributed by atoms with Crippen LogP contribution >= 0.6 is 22.7 Å². The number of carboxylic acid groups (broad SMARTS) is 1. The van der Waals surface area contributed by atoms with E-state index in [1.54, 1.807) is 11.3 Å². The smallest absolute Gasteiger partial charge is 0.356 e. The van der Waals surface area contributed by atoms with Crippen molar-refractivity contribution in [1.82, 2.24) is 4.98 Å². The summed E-state index contributed by atoms with van der Waals surface area (Å²) in [6, 6.07) is 0. The highest BCUT2D eigenvalue weighted by molar-refractivity contribution is 7.17. The van der Waals surface area contributed by atoms with Crippen molar-refractivity contribution in [3.05, 3.63) is 32.5 Å². The van der Waals surface area contributed by atoms with Crippen LogP contribution in [-0.4, -0.2) is 21.8 Å². The van der Waals surface area contributed by atoms with Crippen LogP contribution in [0, 0.1) is 6.92 Å². The lowest BCUT2D eigenvalue weighted by Crippen LogP contribution is -2.04. The number of aromatic nitrogens is 1. The van der Waals surface area contributed by atoms with E-state index in [1.165, 1.54) is 12.5 Å². The molecular weight excluding hydrogens is 284 g/mol. The summed E-state index contributed by atoms with van der Waals surface area (Å²) in [6.07, 6.45) is 0. The van der Waals surface area contributed by atoms with Gasteiger partial charge in [0.05, 0.1) is 0 Å². The molecule has 0 saturated carbocycles. The molecule has 0 radical (unpaired) electrons. The second-order valence-corrected chi connectivity index (χ2v) is 5.73. The number of carboxylic acids is 1. The van der Waals surface area contributed by atoms with Crippen LogP contribution in [0.15, 0.2) is 10.8 Å². The van der Waals surface area contributed by atoms with Gasteiger partial charge in [-0.2, -0.15) is 11.3 Å². The molecule has 2 aromatic rings. The number of anilines is 1. The summed E-state index contributed by atoms with van der Waals surface area (Å²) in [7, 11) is 0. The Labute approximate surface area is 117 Å². The third-order valence-electron chi connectivity index (χ3n) is 2.54. The largest absolute Gasteiger partial charge is 0.476 e. The van der Waals surface area contributed by atoms with Crippen LogP contribution in [0.25, 0.3) is 0 Å². The van der Waals surface area contributed by atoms with Gasteiger partial charge in [-0.15, -0.1) is 0 Å². The Balaban J connectivity index is 2.18. The molecule has 19 heavy (non-hydrogen) atoms. The lowest BCUT2D eigenvalue weighted by Gasteiger charge is -2.01. The van der Waals surface area contributed by atoms with E-state index in [9.17, 15) is 9.59 Å². The fraction of sp³-hybridized carbons (Fsp3) is 0.250. The predicted molar refractivity (Wildman–Crippen MR) is 75.5 cm³/mol. The molecule has 0 atom stereocenters. The van der Waals surface area contributed by atoms with Crippen LogP contribution in [0.3, 0.4) is 0 Å². The third-order valence-corrected chi connectivity index (χ3v) is 4.57. The lowest BCUT2D eigenvalue weighted by molar-refractivity contribution is 0.0687. The topological polar surface area (TPSA) is 79.3 Å². The van der Waals surface area contributed by atoms with Gasteiger partial charge in [0, 0.05) is 13.5 Å². The van der Waals surface area contributed by atoms with Crippen LogP contribution in [0.4, 0.5) is 5.13 Å². The number of carbonyl (C=O) groups is 2. The molecule has 0 aliphatic carbocycles. The molecule has 2 rings (SSSR count). The molecule has 2 N–H and O–H groups in total. The molecule has 0 fully saturated rings. The van der Waals surface area contributed by atoms with Gasteiger partial charge in [0.25, 0.3) is 0 Å². The Bertz CT molecular complexity index is 599. The maximum absolute atomic E-state index is 11.4. The quantitative estimate of drug-likeness (QED) is 0.829. The number of thiazole rings is 1. The monoisotopic (exact) mass is 296 g/mol. The number of Topliss-reactive ketones (excluding diaryl/α,β-unsaturated/α-hetero) is 1. The Morgan fingerprint density at radius 1 is 1.42 bits per heavy atom. The van der Waals surface area contributed by atoms with Crippen LogP contribution in [0.5, 0.6) is 0 Å². The number of aryl methyl sites for hydroxylation is 1. The number of aromatic carboxylic acids is 1. The van der Waals surface area contributed by atoms with Gasteiger partial charge in [-0.3, -0.25) is 4.79 Å². The molecule has 2 heterocycles. The van der Waals surface area contributed by atoms with Crippen molar-refractivity contribution in [2.45, 2.75) is 20.4 Å². The second-order valence-electron chi connectivity index (χ2n) is 3.99. The van der Waals surface area contributed by atoms with Gasteiger partial charge in [-0.25, -0.2) is 9.78 Å². The summed E-state index contributed by atoms with van der Waals surface area (Å²) in [5.41, 5.74) is 2.14. The SMILES string of the molecule is CC(=O)c1sc(NCc2cscc2C)nc1C(=O)O. The fourth-order valence-corrected chi connectivity index (χ4v) is 3.22. The van der Waals surface area contributed by atoms with Gasteiger partial charge in [0.2, 0.25) is 0 Å². The molecule has 7 heteroatoms. The van der Waals surface area contributed by atoms with Crippen molar-refractivity contribution < 1.29 is 14.7 Å². The minimum absolute atomic E-state index is 0.178. The summed E-state index contributed by atoms with van der Waals surface area (Å²) in [5.74, 6) is -1.46. The molecule has 0 unspecified atom stereocenters. The van der Waals surface area contributed by atoms with Crippen LogP contribution in [0.1, 0.15) is 38.2 Å². The number of hydrogen-bond acceptors (Lipinski definition) is 6. The summed E-state index contributed by atoms with van der Waals surface area (Å²) >= 11 is 2.69. The van der Waals surface area contributed by atoms with Crippen LogP contribution in [-0.2, 0) is 6.54 Å². The molecular formula is C12H12N2O3S2. The highest BCUT2D eigenvalue weighted by atomic mass is 32.1. The first kappa shape index (κ1) is 13.7. The zero-order valence-corrected chi connectivity index (χ0v) is 12.0. The normalized spacial score (nSPS) is 10.4. The van der Waals surface area contributed by atoms with Gasteiger partial charge in [-0.1, -0.05) is 11.3 Å². The molecule has 0 aliphatic heterocycles. The Kier molecular flexibility index (Phi) is 3.96. The molecule has 100 valence electrons. The zero-order chi connectivity index (χ0) is 14.0. The Morgan fingerprint density at radius 3 is 2.63 bits per heavy atom. The number of nitrogens with zero attached hydrogens (tertiary/aromatic N) is 1. The van der Waals surface area contributed by atoms with Gasteiger partial charge >= 0.3 is 5.97 Å². The van der Waals surface area contributed by atoms with E-state index in [2.05, 4.69) is 10.3 Å². The van der Waals surface area contributed by atoms with Crippen molar-refractivity contribution in [2.75, 3.05) is 5.32 Å². The van der Waals surface area contributed by atoms with E-state index in [0.29, 0.717) is 11.7 Å². The standard InChI is InChI=1S/C12H12N2O3S2/c1-6-4-18-5-8(6)3-13-12-14-9(11(16)17)10(19-12)7(2)15/h4-5H,3H2,1-2H3,(H,13,14)(H,16,17). The first-order chi connectivity index (χ1) is 8.99. The van der Waals surface area contributed by atoms with Gasteiger partial charge < -0.3 is 10.4 Å². The van der Waals surface area contributed by atoms with Crippen molar-refractivity contribution in [3.8, 4) is 0 Å². The average Bonchev–Trinajstić information content (AvgIpc) is 2.92. The van der Waals surface area contributed by atoms with E-state index in [-0.39, 0.29) is 16.4 Å². The molecule has 5 nitrogen and oxygen atoms in total. The first-order valence-electron chi connectivity index (χ1n) is 5.49. The third kappa shape index (κ3) is 2.99. The van der Waals surface area contributed by atoms with E-state index in [4.69, 9.17) is 5.11 Å². The maximum Gasteiger partial charge on any atom is 0.356 e. The highest BCUT2D eigenvalue weighted by Crippen LogP contribution is 2.25. The van der Waals surface area contributed by atoms with Crippen molar-refractivity contribution in [2.24, 2.45) is 0 Å². The average molecular weight is 296 g/mol. The number of ketones is 1. The molecule has 2 aromatic heterocycles. The maximum atomic E-state index is 11.4. The van der Waals surface area contributed by atoms with E-state index < -0.39 is 5.97 Å². The van der Waals surface area contributed by atoms with Crippen molar-refractivity contribution in [3.63, 3.8) is 0 Å². The summed E-state index contributed by atoms with van der Waals surface area (Å²) < 4.78 is 0. The molecule has 0 saturated heterocycles. The number of hydrogen-bond donors (Lipinski definition) is 2. The van der Waals surface area contributed by atoms with E-state index in [0.717, 1.165) is 16.9 Å². The van der Waals surface area contributed by atoms with E-state index in [1.807, 2.05) is 17.7 Å². The number of nitrogens with one attached hydrogen (secondary N) is 1. The van der Waals surface area contributed by atoms with E-state index >= 15 is 0 Å². The number of thiophene rings is 1. The lowest BCUT2D eigenvalue weighted by atomic mass is 10.2. The molecule has 0 amide bonds. The number of rotatable bonds is 5. The minimum atomic E-state index is -1.18. The summed E-state index contributed by atoms with van der Waals surface area (Å²) in [4.78, 5) is 26.5.